The molecule has 2 aromatic heterocycles. The molecule has 1 aliphatic rings. The molecule has 0 aliphatic carbocycles. The van der Waals surface area contributed by atoms with Crippen molar-refractivity contribution in [1.29, 1.82) is 0 Å². The number of nitrogens with zero attached hydrogens (tertiary/aromatic N) is 4. The second-order valence-corrected chi connectivity index (χ2v) is 8.00. The molecule has 2 aromatic carbocycles. The van der Waals surface area contributed by atoms with E-state index in [2.05, 4.69) is 35.2 Å². The van der Waals surface area contributed by atoms with Gasteiger partial charge in [0.15, 0.2) is 11.6 Å². The third-order valence-electron chi connectivity index (χ3n) is 5.61. The van der Waals surface area contributed by atoms with E-state index < -0.39 is 5.43 Å². The van der Waals surface area contributed by atoms with Gasteiger partial charge in [0.2, 0.25) is 5.43 Å². The van der Waals surface area contributed by atoms with Crippen LogP contribution in [-0.2, 0) is 6.54 Å². The first kappa shape index (κ1) is 18.6. The molecule has 0 radical (unpaired) electrons. The van der Waals surface area contributed by atoms with Crippen LogP contribution >= 0.6 is 11.6 Å². The molecule has 1 aliphatic heterocycles. The molecule has 0 amide bonds. The standard InChI is InChI=1S/C23H19ClN4O2/c1-14-4-2-5-15(10-14)20(16-6-3-7-17(24)11-16)18-13-27-9-8-25-23(27)21-22(30)19(29)12-26-28(18)21/h2-12,18,20,30H,13H2,1H3/t18-,20?/m1/s1. The summed E-state index contributed by atoms with van der Waals surface area (Å²) < 4.78 is 3.68. The van der Waals surface area contributed by atoms with Crippen LogP contribution < -0.4 is 5.43 Å². The summed E-state index contributed by atoms with van der Waals surface area (Å²) in [4.78, 5) is 16.5. The highest BCUT2D eigenvalue weighted by Gasteiger charge is 2.35. The summed E-state index contributed by atoms with van der Waals surface area (Å²) in [6.07, 6.45) is 4.68. The van der Waals surface area contributed by atoms with Crippen molar-refractivity contribution < 1.29 is 5.11 Å². The molecule has 0 fully saturated rings. The highest BCUT2D eigenvalue weighted by Crippen LogP contribution is 2.42. The van der Waals surface area contributed by atoms with E-state index in [0.29, 0.717) is 23.1 Å². The van der Waals surface area contributed by atoms with Crippen molar-refractivity contribution in [3.63, 3.8) is 0 Å². The number of hydrogen-bond donors (Lipinski definition) is 1. The van der Waals surface area contributed by atoms with Crippen LogP contribution in [0.3, 0.4) is 0 Å². The fourth-order valence-electron chi connectivity index (χ4n) is 4.32. The maximum atomic E-state index is 12.1. The molecule has 6 nitrogen and oxygen atoms in total. The number of aromatic hydroxyl groups is 1. The van der Waals surface area contributed by atoms with Gasteiger partial charge in [-0.2, -0.15) is 5.10 Å². The van der Waals surface area contributed by atoms with Crippen molar-refractivity contribution in [2.75, 3.05) is 0 Å². The number of aryl methyl sites for hydroxylation is 1. The van der Waals surface area contributed by atoms with Crippen LogP contribution in [0, 0.1) is 6.92 Å². The monoisotopic (exact) mass is 418 g/mol. The van der Waals surface area contributed by atoms with Gasteiger partial charge in [-0.15, -0.1) is 0 Å². The number of rotatable bonds is 3. The number of imidazole rings is 1. The van der Waals surface area contributed by atoms with E-state index in [-0.39, 0.29) is 17.7 Å². The first-order chi connectivity index (χ1) is 14.5. The molecular formula is C23H19ClN4O2. The normalized spacial score (nSPS) is 16.0. The van der Waals surface area contributed by atoms with E-state index in [0.717, 1.165) is 22.9 Å². The smallest absolute Gasteiger partial charge is 0.242 e. The van der Waals surface area contributed by atoms with Gasteiger partial charge >= 0.3 is 0 Å². The highest BCUT2D eigenvalue weighted by atomic mass is 35.5. The molecule has 1 unspecified atom stereocenters. The fourth-order valence-corrected chi connectivity index (χ4v) is 4.52. The molecule has 4 aromatic rings. The molecule has 0 spiro atoms. The Morgan fingerprint density at radius 2 is 1.93 bits per heavy atom. The van der Waals surface area contributed by atoms with E-state index in [1.54, 1.807) is 10.9 Å². The van der Waals surface area contributed by atoms with Crippen LogP contribution in [0.5, 0.6) is 5.75 Å². The van der Waals surface area contributed by atoms with Crippen molar-refractivity contribution in [2.45, 2.75) is 25.4 Å². The SMILES string of the molecule is Cc1cccc(C(c2cccc(Cl)c2)[C@H]2Cn3ccnc3-c3c(O)c(=O)cnn32)c1. The van der Waals surface area contributed by atoms with Gasteiger partial charge in [0.25, 0.3) is 0 Å². The van der Waals surface area contributed by atoms with Crippen molar-refractivity contribution >= 4 is 11.6 Å². The zero-order chi connectivity index (χ0) is 20.8. The largest absolute Gasteiger partial charge is 0.503 e. The molecular weight excluding hydrogens is 400 g/mol. The van der Waals surface area contributed by atoms with Gasteiger partial charge in [-0.3, -0.25) is 9.48 Å². The summed E-state index contributed by atoms with van der Waals surface area (Å²) >= 11 is 6.34. The van der Waals surface area contributed by atoms with Crippen LogP contribution in [0.4, 0.5) is 0 Å². The Balaban J connectivity index is 1.77. The Morgan fingerprint density at radius 1 is 1.17 bits per heavy atom. The van der Waals surface area contributed by atoms with Gasteiger partial charge in [-0.1, -0.05) is 53.6 Å². The number of fused-ring (bicyclic) bond motifs is 3. The number of benzene rings is 2. The highest BCUT2D eigenvalue weighted by molar-refractivity contribution is 6.30. The Bertz CT molecular complexity index is 1270. The minimum atomic E-state index is -0.522. The predicted molar refractivity (Wildman–Crippen MR) is 115 cm³/mol. The summed E-state index contributed by atoms with van der Waals surface area (Å²) in [5, 5.41) is 15.7. The van der Waals surface area contributed by atoms with Crippen molar-refractivity contribution in [2.24, 2.45) is 0 Å². The van der Waals surface area contributed by atoms with Gasteiger partial charge in [-0.25, -0.2) is 4.98 Å². The van der Waals surface area contributed by atoms with Crippen LogP contribution in [0.2, 0.25) is 5.02 Å². The fraction of sp³-hybridized carbons (Fsp3) is 0.174. The topological polar surface area (TPSA) is 72.9 Å². The molecule has 2 atom stereocenters. The second kappa shape index (κ2) is 7.15. The van der Waals surface area contributed by atoms with Gasteiger partial charge in [-0.05, 0) is 30.2 Å². The van der Waals surface area contributed by atoms with Crippen LogP contribution in [0.25, 0.3) is 11.5 Å². The Kier molecular flexibility index (Phi) is 4.44. The van der Waals surface area contributed by atoms with Crippen molar-refractivity contribution in [1.82, 2.24) is 19.3 Å². The zero-order valence-electron chi connectivity index (χ0n) is 16.2. The van der Waals surface area contributed by atoms with E-state index in [4.69, 9.17) is 11.6 Å². The van der Waals surface area contributed by atoms with Crippen LogP contribution in [0.1, 0.15) is 28.7 Å². The van der Waals surface area contributed by atoms with Crippen molar-refractivity contribution in [3.8, 4) is 17.3 Å². The summed E-state index contributed by atoms with van der Waals surface area (Å²) in [6.45, 7) is 2.64. The number of halogens is 1. The minimum Gasteiger partial charge on any atom is -0.503 e. The van der Waals surface area contributed by atoms with Crippen molar-refractivity contribution in [3.05, 3.63) is 99.1 Å². The maximum absolute atomic E-state index is 12.1. The summed E-state index contributed by atoms with van der Waals surface area (Å²) in [6, 6.07) is 15.9. The molecule has 150 valence electrons. The average molecular weight is 419 g/mol. The lowest BCUT2D eigenvalue weighted by Crippen LogP contribution is -2.32. The number of aromatic nitrogens is 4. The second-order valence-electron chi connectivity index (χ2n) is 7.57. The van der Waals surface area contributed by atoms with E-state index in [1.165, 1.54) is 0 Å². The van der Waals surface area contributed by atoms with Gasteiger partial charge < -0.3 is 9.67 Å². The Labute approximate surface area is 178 Å². The zero-order valence-corrected chi connectivity index (χ0v) is 17.0. The predicted octanol–water partition coefficient (Wildman–Crippen LogP) is 4.16. The first-order valence-corrected chi connectivity index (χ1v) is 10.0. The molecule has 0 saturated carbocycles. The quantitative estimate of drug-likeness (QED) is 0.542. The molecule has 3 heterocycles. The summed E-state index contributed by atoms with van der Waals surface area (Å²) in [5.74, 6) is 0.0894. The molecule has 7 heteroatoms. The van der Waals surface area contributed by atoms with E-state index >= 15 is 0 Å². The lowest BCUT2D eigenvalue weighted by Gasteiger charge is -2.35. The first-order valence-electron chi connectivity index (χ1n) is 9.67. The van der Waals surface area contributed by atoms with Crippen LogP contribution in [-0.4, -0.2) is 24.4 Å². The molecule has 1 N–H and O–H groups in total. The Morgan fingerprint density at radius 3 is 2.70 bits per heavy atom. The van der Waals surface area contributed by atoms with Crippen LogP contribution in [0.15, 0.2) is 71.9 Å². The third-order valence-corrected chi connectivity index (χ3v) is 5.84. The van der Waals surface area contributed by atoms with E-state index in [9.17, 15) is 9.90 Å². The van der Waals surface area contributed by atoms with Gasteiger partial charge in [0.1, 0.15) is 5.69 Å². The molecule has 30 heavy (non-hydrogen) atoms. The minimum absolute atomic E-state index is 0.104. The third kappa shape index (κ3) is 3.00. The van der Waals surface area contributed by atoms with Gasteiger partial charge in [0.05, 0.1) is 12.2 Å². The van der Waals surface area contributed by atoms with E-state index in [1.807, 2.05) is 41.1 Å². The lowest BCUT2D eigenvalue weighted by atomic mass is 9.83. The average Bonchev–Trinajstić information content (AvgIpc) is 3.19. The maximum Gasteiger partial charge on any atom is 0.242 e. The molecule has 0 saturated heterocycles. The number of hydrogen-bond acceptors (Lipinski definition) is 4. The lowest BCUT2D eigenvalue weighted by molar-refractivity contribution is 0.331. The summed E-state index contributed by atoms with van der Waals surface area (Å²) in [5.41, 5.74) is 3.11. The van der Waals surface area contributed by atoms with Gasteiger partial charge in [0, 0.05) is 29.9 Å². The molecule has 0 bridgehead atoms. The molecule has 5 rings (SSSR count). The Hall–Kier alpha value is -3.38. The summed E-state index contributed by atoms with van der Waals surface area (Å²) in [7, 11) is 0.